The lowest BCUT2D eigenvalue weighted by Gasteiger charge is -2.24. The first-order valence-electron chi connectivity index (χ1n) is 7.95. The second-order valence-corrected chi connectivity index (χ2v) is 9.63. The fraction of sp³-hybridized carbons (Fsp3) is 0.800. The van der Waals surface area contributed by atoms with Crippen molar-refractivity contribution < 1.29 is 19.1 Å². The maximum Gasteiger partial charge on any atom is 0.408 e. The molecule has 0 radical (unpaired) electrons. The number of amides is 1. The molecule has 2 atom stereocenters. The maximum absolute atomic E-state index is 12.2. The summed E-state index contributed by atoms with van der Waals surface area (Å²) in [5.74, 6) is -0.738. The topological polar surface area (TPSA) is 137 Å². The fourth-order valence-electron chi connectivity index (χ4n) is 1.59. The molecule has 146 valence electrons. The summed E-state index contributed by atoms with van der Waals surface area (Å²) in [6.07, 6.45) is -0.590. The van der Waals surface area contributed by atoms with Crippen molar-refractivity contribution in [1.29, 1.82) is 5.26 Å². The zero-order valence-electron chi connectivity index (χ0n) is 15.6. The molecule has 1 amide bonds. The molecule has 0 aliphatic rings. The number of alkyl carbamates (subject to hydrolysis) is 1. The van der Waals surface area contributed by atoms with Crippen LogP contribution in [0.15, 0.2) is 5.11 Å². The molecule has 0 heterocycles. The van der Waals surface area contributed by atoms with E-state index < -0.39 is 30.3 Å². The number of carbonyl (C=O) groups is 2. The highest BCUT2D eigenvalue weighted by molar-refractivity contribution is 8.77. The van der Waals surface area contributed by atoms with E-state index >= 15 is 0 Å². The van der Waals surface area contributed by atoms with Gasteiger partial charge < -0.3 is 14.8 Å². The van der Waals surface area contributed by atoms with E-state index in [1.54, 1.807) is 37.6 Å². The molecule has 0 aromatic carbocycles. The molecule has 1 unspecified atom stereocenters. The first kappa shape index (κ1) is 24.2. The molecule has 0 aliphatic heterocycles. The van der Waals surface area contributed by atoms with Crippen LogP contribution in [0.25, 0.3) is 10.4 Å². The van der Waals surface area contributed by atoms with Gasteiger partial charge in [-0.3, -0.25) is 0 Å². The van der Waals surface area contributed by atoms with E-state index in [1.165, 1.54) is 10.8 Å². The number of hydrogen-bond donors (Lipinski definition) is 1. The highest BCUT2D eigenvalue weighted by Crippen LogP contribution is 2.33. The van der Waals surface area contributed by atoms with Crippen molar-refractivity contribution in [3.63, 3.8) is 0 Å². The lowest BCUT2D eigenvalue weighted by molar-refractivity contribution is -0.144. The van der Waals surface area contributed by atoms with Gasteiger partial charge in [0.05, 0.1) is 0 Å². The minimum absolute atomic E-state index is 0.152. The smallest absolute Gasteiger partial charge is 0.408 e. The summed E-state index contributed by atoms with van der Waals surface area (Å²) in [6.45, 7) is 8.87. The van der Waals surface area contributed by atoms with E-state index in [0.717, 1.165) is 0 Å². The molecule has 0 bridgehead atoms. The molecule has 0 rings (SSSR count). The van der Waals surface area contributed by atoms with Gasteiger partial charge in [0.2, 0.25) is 0 Å². The number of ether oxygens (including phenoxy) is 2. The minimum Gasteiger partial charge on any atom is -0.449 e. The van der Waals surface area contributed by atoms with Gasteiger partial charge in [-0.15, -0.1) is 0 Å². The molecular formula is C15H25N5O4S2. The summed E-state index contributed by atoms with van der Waals surface area (Å²) in [6, 6.07) is 0.693. The molecule has 0 aromatic rings. The molecule has 26 heavy (non-hydrogen) atoms. The zero-order chi connectivity index (χ0) is 20.2. The van der Waals surface area contributed by atoms with Gasteiger partial charge in [-0.2, -0.15) is 5.26 Å². The van der Waals surface area contributed by atoms with Crippen LogP contribution in [0.4, 0.5) is 4.79 Å². The number of azide groups is 1. The summed E-state index contributed by atoms with van der Waals surface area (Å²) >= 11 is 0. The molecule has 0 saturated heterocycles. The summed E-state index contributed by atoms with van der Waals surface area (Å²) < 4.78 is 9.99. The van der Waals surface area contributed by atoms with Crippen molar-refractivity contribution in [3.8, 4) is 6.07 Å². The van der Waals surface area contributed by atoms with Gasteiger partial charge >= 0.3 is 12.1 Å². The average Bonchev–Trinajstić information content (AvgIpc) is 2.52. The summed E-state index contributed by atoms with van der Waals surface area (Å²) in [4.78, 5) is 26.9. The number of nitrogens with zero attached hydrogens (tertiary/aromatic N) is 4. The van der Waals surface area contributed by atoms with Crippen molar-refractivity contribution in [1.82, 2.24) is 5.32 Å². The second-order valence-electron chi connectivity index (χ2n) is 6.48. The van der Waals surface area contributed by atoms with Gasteiger partial charge in [0, 0.05) is 22.0 Å². The third-order valence-electron chi connectivity index (χ3n) is 2.49. The SMILES string of the molecule is CC(C)SSC(CN=[N+]=[N-])C[C@H](NC(=O)OC(C)(C)C)C(=O)OCC#N. The fourth-order valence-corrected chi connectivity index (χ4v) is 3.93. The predicted octanol–water partition coefficient (Wildman–Crippen LogP) is 3.81. The van der Waals surface area contributed by atoms with Crippen molar-refractivity contribution in [2.75, 3.05) is 13.2 Å². The van der Waals surface area contributed by atoms with E-state index in [-0.39, 0.29) is 18.2 Å². The quantitative estimate of drug-likeness (QED) is 0.192. The Balaban J connectivity index is 5.13. The number of carbonyl (C=O) groups excluding carboxylic acids is 2. The summed E-state index contributed by atoms with van der Waals surface area (Å²) in [5.41, 5.74) is 7.83. The Bertz CT molecular complexity index is 553. The third-order valence-corrected chi connectivity index (χ3v) is 5.90. The predicted molar refractivity (Wildman–Crippen MR) is 102 cm³/mol. The van der Waals surface area contributed by atoms with Gasteiger partial charge in [0.15, 0.2) is 6.61 Å². The Kier molecular flexibility index (Phi) is 11.7. The Hall–Kier alpha value is -1.76. The van der Waals surface area contributed by atoms with E-state index in [2.05, 4.69) is 15.3 Å². The van der Waals surface area contributed by atoms with E-state index in [0.29, 0.717) is 5.25 Å². The molecule has 0 aliphatic carbocycles. The van der Waals surface area contributed by atoms with Crippen LogP contribution in [-0.2, 0) is 14.3 Å². The molecule has 0 aromatic heterocycles. The lowest BCUT2D eigenvalue weighted by Crippen LogP contribution is -2.45. The van der Waals surface area contributed by atoms with Crippen LogP contribution >= 0.6 is 21.6 Å². The molecule has 11 heteroatoms. The third kappa shape index (κ3) is 12.6. The van der Waals surface area contributed by atoms with Gasteiger partial charge in [-0.1, -0.05) is 40.5 Å². The van der Waals surface area contributed by atoms with Crippen molar-refractivity contribution in [2.45, 2.75) is 63.2 Å². The molecule has 1 N–H and O–H groups in total. The number of nitriles is 1. The van der Waals surface area contributed by atoms with Crippen LogP contribution in [-0.4, -0.2) is 47.4 Å². The van der Waals surface area contributed by atoms with Crippen LogP contribution in [0.1, 0.15) is 41.0 Å². The number of nitrogens with one attached hydrogen (secondary N) is 1. The number of rotatable bonds is 10. The van der Waals surface area contributed by atoms with Gasteiger partial charge in [0.1, 0.15) is 17.7 Å². The molecule has 9 nitrogen and oxygen atoms in total. The van der Waals surface area contributed by atoms with E-state index in [9.17, 15) is 9.59 Å². The first-order chi connectivity index (χ1) is 12.1. The highest BCUT2D eigenvalue weighted by atomic mass is 33.1. The highest BCUT2D eigenvalue weighted by Gasteiger charge is 2.28. The van der Waals surface area contributed by atoms with Crippen molar-refractivity contribution in [2.24, 2.45) is 5.11 Å². The summed E-state index contributed by atoms with van der Waals surface area (Å²) in [5, 5.41) is 14.7. The van der Waals surface area contributed by atoms with Crippen LogP contribution in [0.2, 0.25) is 0 Å². The monoisotopic (exact) mass is 403 g/mol. The Morgan fingerprint density at radius 3 is 2.50 bits per heavy atom. The molecule has 0 fully saturated rings. The van der Waals surface area contributed by atoms with Gasteiger partial charge in [-0.25, -0.2) is 9.59 Å². The van der Waals surface area contributed by atoms with Crippen LogP contribution in [0.3, 0.4) is 0 Å². The standard InChI is InChI=1S/C15H25N5O4S2/c1-10(2)25-26-11(9-18-20-17)8-12(13(21)23-7-6-16)19-14(22)24-15(3,4)5/h10-12H,7-9H2,1-5H3,(H,19,22)/t11?,12-/m0/s1. The Morgan fingerprint density at radius 2 is 2.00 bits per heavy atom. The zero-order valence-corrected chi connectivity index (χ0v) is 17.2. The van der Waals surface area contributed by atoms with Gasteiger partial charge in [0.25, 0.3) is 0 Å². The minimum atomic E-state index is -1.02. The first-order valence-corrected chi connectivity index (χ1v) is 10.2. The molecular weight excluding hydrogens is 378 g/mol. The Morgan fingerprint density at radius 1 is 1.35 bits per heavy atom. The maximum atomic E-state index is 12.2. The summed E-state index contributed by atoms with van der Waals surface area (Å²) in [7, 11) is 3.04. The molecule has 0 saturated carbocycles. The van der Waals surface area contributed by atoms with Crippen LogP contribution in [0, 0.1) is 11.3 Å². The van der Waals surface area contributed by atoms with E-state index in [4.69, 9.17) is 20.3 Å². The van der Waals surface area contributed by atoms with Gasteiger partial charge in [-0.05, 0) is 32.7 Å². The average molecular weight is 404 g/mol. The normalized spacial score (nSPS) is 13.1. The Labute approximate surface area is 161 Å². The number of esters is 1. The van der Waals surface area contributed by atoms with Crippen LogP contribution in [0.5, 0.6) is 0 Å². The van der Waals surface area contributed by atoms with Crippen molar-refractivity contribution >= 4 is 33.7 Å². The largest absolute Gasteiger partial charge is 0.449 e. The van der Waals surface area contributed by atoms with Crippen molar-refractivity contribution in [3.05, 3.63) is 10.4 Å². The second kappa shape index (κ2) is 12.6. The molecule has 0 spiro atoms. The number of hydrogen-bond acceptors (Lipinski definition) is 8. The lowest BCUT2D eigenvalue weighted by atomic mass is 10.1. The van der Waals surface area contributed by atoms with E-state index in [1.807, 2.05) is 13.8 Å². The van der Waals surface area contributed by atoms with Crippen LogP contribution < -0.4 is 5.32 Å².